The Labute approximate surface area is 178 Å². The first-order chi connectivity index (χ1) is 14.5. The Bertz CT molecular complexity index is 906. The highest BCUT2D eigenvalue weighted by Crippen LogP contribution is 2.28. The van der Waals surface area contributed by atoms with Crippen LogP contribution in [0.25, 0.3) is 6.08 Å². The zero-order chi connectivity index (χ0) is 21.9. The number of hydrogen-bond donors (Lipinski definition) is 2. The molecular formula is C24H30N2O4. The van der Waals surface area contributed by atoms with Gasteiger partial charge in [-0.2, -0.15) is 0 Å². The van der Waals surface area contributed by atoms with Crippen LogP contribution in [-0.2, 0) is 4.79 Å². The number of benzene rings is 2. The van der Waals surface area contributed by atoms with E-state index in [9.17, 15) is 9.59 Å². The van der Waals surface area contributed by atoms with E-state index in [-0.39, 0.29) is 11.8 Å². The molecule has 0 aliphatic heterocycles. The molecule has 0 aliphatic rings. The van der Waals surface area contributed by atoms with Gasteiger partial charge in [-0.1, -0.05) is 25.5 Å². The molecule has 0 saturated heterocycles. The topological polar surface area (TPSA) is 76.7 Å². The molecule has 0 aliphatic carbocycles. The number of anilines is 1. The minimum absolute atomic E-state index is 0.170. The van der Waals surface area contributed by atoms with E-state index in [1.54, 1.807) is 25.3 Å². The molecule has 0 aromatic heterocycles. The molecule has 160 valence electrons. The lowest BCUT2D eigenvalue weighted by molar-refractivity contribution is -0.111. The molecule has 0 saturated carbocycles. The highest BCUT2D eigenvalue weighted by Gasteiger charge is 2.09. The number of unbranched alkanes of at least 4 members (excludes halogenated alkanes) is 1. The number of methoxy groups -OCH3 is 1. The average molecular weight is 411 g/mol. The zero-order valence-electron chi connectivity index (χ0n) is 18.1. The summed E-state index contributed by atoms with van der Waals surface area (Å²) in [5, 5.41) is 5.58. The summed E-state index contributed by atoms with van der Waals surface area (Å²) < 4.78 is 11.1. The fourth-order valence-corrected chi connectivity index (χ4v) is 2.74. The number of nitrogens with one attached hydrogen (secondary N) is 2. The minimum atomic E-state index is -0.284. The van der Waals surface area contributed by atoms with Crippen molar-refractivity contribution in [2.75, 3.05) is 25.6 Å². The van der Waals surface area contributed by atoms with E-state index in [0.29, 0.717) is 35.9 Å². The van der Waals surface area contributed by atoms with Crippen LogP contribution in [0.4, 0.5) is 5.69 Å². The van der Waals surface area contributed by atoms with E-state index in [1.165, 1.54) is 6.08 Å². The normalized spacial score (nSPS) is 10.7. The first-order valence-electron chi connectivity index (χ1n) is 10.2. The van der Waals surface area contributed by atoms with E-state index >= 15 is 0 Å². The minimum Gasteiger partial charge on any atom is -0.493 e. The quantitative estimate of drug-likeness (QED) is 0.444. The monoisotopic (exact) mass is 410 g/mol. The molecule has 6 nitrogen and oxygen atoms in total. The van der Waals surface area contributed by atoms with Gasteiger partial charge in [0.1, 0.15) is 0 Å². The molecule has 0 heterocycles. The van der Waals surface area contributed by atoms with Crippen LogP contribution in [0, 0.1) is 6.92 Å². The lowest BCUT2D eigenvalue weighted by Gasteiger charge is -2.11. The van der Waals surface area contributed by atoms with Crippen molar-refractivity contribution in [1.29, 1.82) is 0 Å². The van der Waals surface area contributed by atoms with Gasteiger partial charge in [0.25, 0.3) is 5.91 Å². The maximum absolute atomic E-state index is 12.4. The van der Waals surface area contributed by atoms with E-state index in [4.69, 9.17) is 9.47 Å². The molecule has 0 fully saturated rings. The maximum Gasteiger partial charge on any atom is 0.251 e. The Kier molecular flexibility index (Phi) is 8.94. The van der Waals surface area contributed by atoms with Crippen molar-refractivity contribution >= 4 is 23.6 Å². The number of rotatable bonds is 10. The van der Waals surface area contributed by atoms with Gasteiger partial charge < -0.3 is 20.1 Å². The van der Waals surface area contributed by atoms with Crippen LogP contribution in [0.5, 0.6) is 11.5 Å². The summed E-state index contributed by atoms with van der Waals surface area (Å²) in [6.07, 6.45) is 5.19. The number of aryl methyl sites for hydroxylation is 1. The summed E-state index contributed by atoms with van der Waals surface area (Å²) in [5.74, 6) is 0.856. The lowest BCUT2D eigenvalue weighted by atomic mass is 10.1. The fraction of sp³-hybridized carbons (Fsp3) is 0.333. The first-order valence-corrected chi connectivity index (χ1v) is 10.2. The van der Waals surface area contributed by atoms with Gasteiger partial charge in [0, 0.05) is 23.9 Å². The molecule has 6 heteroatoms. The van der Waals surface area contributed by atoms with E-state index in [0.717, 1.165) is 24.0 Å². The predicted molar refractivity (Wildman–Crippen MR) is 120 cm³/mol. The van der Waals surface area contributed by atoms with Gasteiger partial charge in [-0.05, 0) is 61.7 Å². The van der Waals surface area contributed by atoms with Gasteiger partial charge in [0.05, 0.1) is 13.7 Å². The summed E-state index contributed by atoms with van der Waals surface area (Å²) in [7, 11) is 1.59. The summed E-state index contributed by atoms with van der Waals surface area (Å²) in [5.41, 5.74) is 2.80. The van der Waals surface area contributed by atoms with Gasteiger partial charge in [-0.25, -0.2) is 0 Å². The van der Waals surface area contributed by atoms with E-state index in [2.05, 4.69) is 17.6 Å². The van der Waals surface area contributed by atoms with Crippen molar-refractivity contribution in [2.24, 2.45) is 0 Å². The predicted octanol–water partition coefficient (Wildman–Crippen LogP) is 4.58. The van der Waals surface area contributed by atoms with Crippen molar-refractivity contribution in [1.82, 2.24) is 5.32 Å². The second-order valence-electron chi connectivity index (χ2n) is 6.82. The van der Waals surface area contributed by atoms with Gasteiger partial charge in [-0.15, -0.1) is 0 Å². The van der Waals surface area contributed by atoms with Crippen LogP contribution >= 0.6 is 0 Å². The Morgan fingerprint density at radius 1 is 1.07 bits per heavy atom. The number of carbonyl (C=O) groups is 2. The molecule has 0 unspecified atom stereocenters. The van der Waals surface area contributed by atoms with Crippen LogP contribution in [0.2, 0.25) is 0 Å². The molecule has 0 bridgehead atoms. The van der Waals surface area contributed by atoms with Crippen LogP contribution in [-0.4, -0.2) is 32.1 Å². The van der Waals surface area contributed by atoms with Crippen LogP contribution < -0.4 is 20.1 Å². The number of ether oxygens (including phenoxy) is 2. The lowest BCUT2D eigenvalue weighted by Crippen LogP contribution is -2.23. The molecule has 2 aromatic carbocycles. The van der Waals surface area contributed by atoms with Gasteiger partial charge >= 0.3 is 0 Å². The second-order valence-corrected chi connectivity index (χ2v) is 6.82. The first kappa shape index (κ1) is 23.0. The van der Waals surface area contributed by atoms with Crippen molar-refractivity contribution in [2.45, 2.75) is 33.6 Å². The summed E-state index contributed by atoms with van der Waals surface area (Å²) in [4.78, 5) is 24.4. The third-order valence-corrected chi connectivity index (χ3v) is 4.47. The Morgan fingerprint density at radius 2 is 1.87 bits per heavy atom. The van der Waals surface area contributed by atoms with Gasteiger partial charge in [0.2, 0.25) is 5.91 Å². The molecule has 2 N–H and O–H groups in total. The fourth-order valence-electron chi connectivity index (χ4n) is 2.74. The third-order valence-electron chi connectivity index (χ3n) is 4.47. The largest absolute Gasteiger partial charge is 0.493 e. The van der Waals surface area contributed by atoms with Crippen molar-refractivity contribution in [3.05, 3.63) is 59.2 Å². The van der Waals surface area contributed by atoms with Gasteiger partial charge in [-0.3, -0.25) is 9.59 Å². The molecule has 2 aromatic rings. The Morgan fingerprint density at radius 3 is 2.57 bits per heavy atom. The Hall–Kier alpha value is -3.28. The van der Waals surface area contributed by atoms with E-state index in [1.807, 2.05) is 38.1 Å². The molecule has 2 amide bonds. The third kappa shape index (κ3) is 6.65. The van der Waals surface area contributed by atoms with E-state index < -0.39 is 0 Å². The van der Waals surface area contributed by atoms with Crippen LogP contribution in [0.15, 0.2) is 42.5 Å². The highest BCUT2D eigenvalue weighted by molar-refractivity contribution is 6.03. The molecule has 0 atom stereocenters. The van der Waals surface area contributed by atoms with Crippen LogP contribution in [0.1, 0.15) is 48.2 Å². The molecule has 30 heavy (non-hydrogen) atoms. The molecule has 2 rings (SSSR count). The SMILES string of the molecule is CCCCOc1ccc(/C=C/C(=O)Nc2cc(C(=O)NCC)ccc2C)cc1OC. The van der Waals surface area contributed by atoms with Crippen LogP contribution in [0.3, 0.4) is 0 Å². The highest BCUT2D eigenvalue weighted by atomic mass is 16.5. The maximum atomic E-state index is 12.4. The van der Waals surface area contributed by atoms with Gasteiger partial charge in [0.15, 0.2) is 11.5 Å². The second kappa shape index (κ2) is 11.7. The smallest absolute Gasteiger partial charge is 0.251 e. The number of hydrogen-bond acceptors (Lipinski definition) is 4. The summed E-state index contributed by atoms with van der Waals surface area (Å²) in [6, 6.07) is 10.8. The molecule has 0 radical (unpaired) electrons. The molecule has 0 spiro atoms. The zero-order valence-corrected chi connectivity index (χ0v) is 18.1. The van der Waals surface area contributed by atoms with Crippen molar-refractivity contribution < 1.29 is 19.1 Å². The standard InChI is InChI=1S/C24H30N2O4/c1-5-7-14-30-21-12-9-18(15-22(21)29-4)10-13-23(27)26-20-16-19(11-8-17(20)3)24(28)25-6-2/h8-13,15-16H,5-7,14H2,1-4H3,(H,25,28)(H,26,27)/b13-10+. The number of carbonyl (C=O) groups excluding carboxylic acids is 2. The average Bonchev–Trinajstić information content (AvgIpc) is 2.74. The van der Waals surface area contributed by atoms with Crippen molar-refractivity contribution in [3.63, 3.8) is 0 Å². The Balaban J connectivity index is 2.07. The molecular weight excluding hydrogens is 380 g/mol. The summed E-state index contributed by atoms with van der Waals surface area (Å²) >= 11 is 0. The van der Waals surface area contributed by atoms with Crippen molar-refractivity contribution in [3.8, 4) is 11.5 Å². The number of amides is 2. The summed E-state index contributed by atoms with van der Waals surface area (Å²) in [6.45, 7) is 7.03.